The van der Waals surface area contributed by atoms with Crippen LogP contribution in [0.15, 0.2) is 53.5 Å². The first-order chi connectivity index (χ1) is 10.7. The zero-order valence-electron chi connectivity index (χ0n) is 11.1. The van der Waals surface area contributed by atoms with Gasteiger partial charge in [0.1, 0.15) is 11.5 Å². The number of halogens is 1. The summed E-state index contributed by atoms with van der Waals surface area (Å²) in [5, 5.41) is 9.19. The van der Waals surface area contributed by atoms with Crippen LogP contribution in [0.4, 0.5) is 5.69 Å². The Morgan fingerprint density at radius 1 is 1.14 bits per heavy atom. The van der Waals surface area contributed by atoms with Crippen LogP contribution in [0.1, 0.15) is 5.56 Å². The molecule has 7 heteroatoms. The number of rotatable bonds is 3. The average Bonchev–Trinajstić information content (AvgIpc) is 2.94. The summed E-state index contributed by atoms with van der Waals surface area (Å²) in [6.45, 7) is 0. The molecule has 0 bridgehead atoms. The van der Waals surface area contributed by atoms with Gasteiger partial charge in [-0.25, -0.2) is 4.99 Å². The molecule has 0 aliphatic heterocycles. The minimum absolute atomic E-state index is 0.411. The molecule has 0 aliphatic rings. The van der Waals surface area contributed by atoms with Gasteiger partial charge in [-0.1, -0.05) is 17.7 Å². The molecule has 0 aliphatic carbocycles. The highest BCUT2D eigenvalue weighted by molar-refractivity contribution is 7.66. The van der Waals surface area contributed by atoms with Gasteiger partial charge in [-0.05, 0) is 46.7 Å². The Labute approximate surface area is 139 Å². The smallest absolute Gasteiger partial charge is 0.179 e. The zero-order chi connectivity index (χ0) is 15.4. The number of benzene rings is 2. The van der Waals surface area contributed by atoms with Crippen molar-refractivity contribution in [1.29, 1.82) is 5.26 Å². The second-order valence-electron chi connectivity index (χ2n) is 4.19. The van der Waals surface area contributed by atoms with Crippen LogP contribution < -0.4 is 9.41 Å². The number of aromatic nitrogens is 1. The average molecular weight is 346 g/mol. The summed E-state index contributed by atoms with van der Waals surface area (Å²) in [6.07, 6.45) is 0. The summed E-state index contributed by atoms with van der Waals surface area (Å²) in [5.74, 6) is 1.32. The molecule has 2 aromatic carbocycles. The highest BCUT2D eigenvalue weighted by Gasteiger charge is 2.01. The lowest BCUT2D eigenvalue weighted by molar-refractivity contribution is 0.483. The number of hydrogen-bond acceptors (Lipinski definition) is 6. The van der Waals surface area contributed by atoms with Crippen molar-refractivity contribution in [2.75, 3.05) is 0 Å². The highest BCUT2D eigenvalue weighted by atomic mass is 35.5. The summed E-state index contributed by atoms with van der Waals surface area (Å²) in [6, 6.07) is 16.4. The highest BCUT2D eigenvalue weighted by Crippen LogP contribution is 2.25. The minimum atomic E-state index is 0.411. The van der Waals surface area contributed by atoms with Gasteiger partial charge in [0, 0.05) is 16.6 Å². The van der Waals surface area contributed by atoms with E-state index in [4.69, 9.17) is 21.6 Å². The quantitative estimate of drug-likeness (QED) is 0.643. The fourth-order valence-corrected chi connectivity index (χ4v) is 3.68. The predicted molar refractivity (Wildman–Crippen MR) is 87.9 cm³/mol. The number of nitriles is 1. The molecule has 0 fully saturated rings. The first kappa shape index (κ1) is 14.7. The van der Waals surface area contributed by atoms with E-state index in [1.54, 1.807) is 24.3 Å². The van der Waals surface area contributed by atoms with E-state index in [2.05, 4.69) is 15.4 Å². The van der Waals surface area contributed by atoms with E-state index in [1.165, 1.54) is 20.9 Å². The van der Waals surface area contributed by atoms with Gasteiger partial charge in [0.25, 0.3) is 0 Å². The zero-order valence-corrected chi connectivity index (χ0v) is 13.5. The number of nitrogens with zero attached hydrogens (tertiary/aromatic N) is 3. The van der Waals surface area contributed by atoms with Crippen molar-refractivity contribution in [2.24, 2.45) is 4.99 Å². The molecule has 22 heavy (non-hydrogen) atoms. The summed E-state index contributed by atoms with van der Waals surface area (Å²) in [7, 11) is 2.72. The normalized spacial score (nSPS) is 11.2. The maximum absolute atomic E-state index is 8.78. The topological polar surface area (TPSA) is 58.3 Å². The second-order valence-corrected chi connectivity index (χ2v) is 6.38. The van der Waals surface area contributed by atoms with Crippen molar-refractivity contribution >= 4 is 38.2 Å². The third kappa shape index (κ3) is 3.52. The molecular weight excluding hydrogens is 338 g/mol. The van der Waals surface area contributed by atoms with Crippen molar-refractivity contribution in [1.82, 2.24) is 4.37 Å². The maximum atomic E-state index is 8.78. The Balaban J connectivity index is 1.85. The molecule has 0 amide bonds. The standard InChI is InChI=1S/C15H8ClN3OS2/c16-14-15(21-22-19-14)18-11-2-1-3-13(8-11)20-12-6-4-10(9-17)5-7-12/h1-8H/b18-15+. The Morgan fingerprint density at radius 3 is 2.64 bits per heavy atom. The van der Waals surface area contributed by atoms with Crippen LogP contribution in [0.2, 0.25) is 5.15 Å². The van der Waals surface area contributed by atoms with Crippen LogP contribution in [-0.2, 0) is 0 Å². The van der Waals surface area contributed by atoms with Gasteiger partial charge in [0.2, 0.25) is 0 Å². The van der Waals surface area contributed by atoms with Gasteiger partial charge in [-0.2, -0.15) is 9.64 Å². The lowest BCUT2D eigenvalue weighted by Gasteiger charge is -2.05. The van der Waals surface area contributed by atoms with E-state index in [0.717, 1.165) is 5.69 Å². The van der Waals surface area contributed by atoms with Crippen LogP contribution in [0.3, 0.4) is 0 Å². The van der Waals surface area contributed by atoms with Gasteiger partial charge < -0.3 is 4.74 Å². The Morgan fingerprint density at radius 2 is 1.95 bits per heavy atom. The predicted octanol–water partition coefficient (Wildman–Crippen LogP) is 4.75. The molecule has 4 nitrogen and oxygen atoms in total. The van der Waals surface area contributed by atoms with Crippen molar-refractivity contribution in [3.8, 4) is 17.6 Å². The van der Waals surface area contributed by atoms with Crippen molar-refractivity contribution in [3.63, 3.8) is 0 Å². The molecule has 0 radical (unpaired) electrons. The molecular formula is C15H8ClN3OS2. The lowest BCUT2D eigenvalue weighted by Crippen LogP contribution is -1.92. The van der Waals surface area contributed by atoms with Crippen LogP contribution >= 0.6 is 32.5 Å². The molecule has 0 unspecified atom stereocenters. The third-order valence-electron chi connectivity index (χ3n) is 2.68. The van der Waals surface area contributed by atoms with Crippen LogP contribution in [0, 0.1) is 11.3 Å². The summed E-state index contributed by atoms with van der Waals surface area (Å²) >= 11 is 5.95. The summed E-state index contributed by atoms with van der Waals surface area (Å²) in [4.78, 5) is 4.44. The first-order valence-electron chi connectivity index (χ1n) is 6.19. The molecule has 0 saturated heterocycles. The van der Waals surface area contributed by atoms with Crippen LogP contribution in [0.25, 0.3) is 0 Å². The van der Waals surface area contributed by atoms with E-state index in [-0.39, 0.29) is 0 Å². The maximum Gasteiger partial charge on any atom is 0.179 e. The van der Waals surface area contributed by atoms with Gasteiger partial charge in [0.15, 0.2) is 9.82 Å². The Bertz CT molecular complexity index is 894. The second kappa shape index (κ2) is 6.71. The Kier molecular flexibility index (Phi) is 4.49. The van der Waals surface area contributed by atoms with E-state index in [9.17, 15) is 0 Å². The van der Waals surface area contributed by atoms with Crippen molar-refractivity contribution < 1.29 is 4.74 Å². The molecule has 108 valence electrons. The van der Waals surface area contributed by atoms with Gasteiger partial charge in [0.05, 0.1) is 17.3 Å². The van der Waals surface area contributed by atoms with Crippen molar-refractivity contribution in [2.45, 2.75) is 0 Å². The molecule has 0 saturated carbocycles. The molecule has 0 N–H and O–H groups in total. The van der Waals surface area contributed by atoms with Crippen molar-refractivity contribution in [3.05, 3.63) is 63.9 Å². The minimum Gasteiger partial charge on any atom is -0.457 e. The Hall–Kier alpha value is -2.20. The first-order valence-corrected chi connectivity index (χ1v) is 8.67. The fraction of sp³-hybridized carbons (Fsp3) is 0. The number of ether oxygens (including phenoxy) is 1. The van der Waals surface area contributed by atoms with Crippen LogP contribution in [0.5, 0.6) is 11.5 Å². The van der Waals surface area contributed by atoms with Gasteiger partial charge in [-0.3, -0.25) is 0 Å². The third-order valence-corrected chi connectivity index (χ3v) is 4.85. The monoisotopic (exact) mass is 345 g/mol. The van der Waals surface area contributed by atoms with E-state index in [1.807, 2.05) is 24.3 Å². The molecule has 1 aromatic heterocycles. The molecule has 1 heterocycles. The van der Waals surface area contributed by atoms with E-state index >= 15 is 0 Å². The van der Waals surface area contributed by atoms with E-state index < -0.39 is 0 Å². The summed E-state index contributed by atoms with van der Waals surface area (Å²) < 4.78 is 10.4. The molecule has 3 aromatic rings. The molecule has 0 spiro atoms. The molecule has 0 atom stereocenters. The molecule has 3 rings (SSSR count). The van der Waals surface area contributed by atoms with Crippen LogP contribution in [-0.4, -0.2) is 4.37 Å². The lowest BCUT2D eigenvalue weighted by atomic mass is 10.2. The fourth-order valence-electron chi connectivity index (χ4n) is 1.69. The van der Waals surface area contributed by atoms with Gasteiger partial charge in [-0.15, -0.1) is 0 Å². The van der Waals surface area contributed by atoms with E-state index in [0.29, 0.717) is 26.9 Å². The largest absolute Gasteiger partial charge is 0.457 e. The summed E-state index contributed by atoms with van der Waals surface area (Å²) in [5.41, 5.74) is 1.33. The van der Waals surface area contributed by atoms with Gasteiger partial charge >= 0.3 is 0 Å². The SMILES string of the molecule is N#Cc1ccc(Oc2cccc(/N=c3/ssnc3Cl)c2)cc1. The number of hydrogen-bond donors (Lipinski definition) is 0.